The topological polar surface area (TPSA) is 52.7 Å². The first-order chi connectivity index (χ1) is 11.2. The lowest BCUT2D eigenvalue weighted by Crippen LogP contribution is -2.47. The van der Waals surface area contributed by atoms with Crippen LogP contribution in [0.3, 0.4) is 0 Å². The van der Waals surface area contributed by atoms with Gasteiger partial charge in [0.2, 0.25) is 0 Å². The maximum atomic E-state index is 12.9. The molecular weight excluding hydrogens is 310 g/mol. The number of unbranched alkanes of at least 4 members (excludes halogenated alkanes) is 1. The Labute approximate surface area is 140 Å². The summed E-state index contributed by atoms with van der Waals surface area (Å²) in [6.45, 7) is 7.48. The van der Waals surface area contributed by atoms with E-state index in [4.69, 9.17) is 0 Å². The largest absolute Gasteiger partial charge is 0.333 e. The van der Waals surface area contributed by atoms with E-state index in [1.165, 1.54) is 0 Å². The first-order valence-corrected chi connectivity index (χ1v) is 8.85. The highest BCUT2D eigenvalue weighted by Crippen LogP contribution is 2.36. The van der Waals surface area contributed by atoms with Gasteiger partial charge in [0.1, 0.15) is 0 Å². The predicted molar refractivity (Wildman–Crippen MR) is 91.0 cm³/mol. The van der Waals surface area contributed by atoms with Crippen LogP contribution in [0.5, 0.6) is 0 Å². The van der Waals surface area contributed by atoms with E-state index in [1.807, 2.05) is 21.7 Å². The highest BCUT2D eigenvalue weighted by atomic mass is 32.1. The average molecular weight is 331 g/mol. The number of hydrogen-bond donors (Lipinski definition) is 1. The molecule has 2 aliphatic rings. The lowest BCUT2D eigenvalue weighted by Gasteiger charge is -2.32. The van der Waals surface area contributed by atoms with Gasteiger partial charge in [-0.05, 0) is 28.8 Å². The molecule has 5 nitrogen and oxygen atoms in total. The predicted octanol–water partition coefficient (Wildman–Crippen LogP) is 2.90. The van der Waals surface area contributed by atoms with E-state index in [2.05, 4.69) is 18.8 Å². The smallest absolute Gasteiger partial charge is 0.322 e. The van der Waals surface area contributed by atoms with Crippen molar-refractivity contribution in [2.45, 2.75) is 25.8 Å². The van der Waals surface area contributed by atoms with Crippen molar-refractivity contribution in [3.63, 3.8) is 0 Å². The van der Waals surface area contributed by atoms with Crippen LogP contribution < -0.4 is 5.32 Å². The molecule has 3 heterocycles. The summed E-state index contributed by atoms with van der Waals surface area (Å²) >= 11 is 1.57. The summed E-state index contributed by atoms with van der Waals surface area (Å²) in [5.41, 5.74) is 2.51. The second-order valence-electron chi connectivity index (χ2n) is 5.78. The molecule has 6 heteroatoms. The Morgan fingerprint density at radius 1 is 1.48 bits per heavy atom. The molecule has 0 saturated carbocycles. The molecule has 122 valence electrons. The molecule has 1 N–H and O–H groups in total. The third-order valence-electron chi connectivity index (χ3n) is 4.27. The molecule has 0 spiro atoms. The van der Waals surface area contributed by atoms with Gasteiger partial charge in [-0.15, -0.1) is 6.58 Å². The minimum absolute atomic E-state index is 0.0405. The van der Waals surface area contributed by atoms with Gasteiger partial charge >= 0.3 is 6.03 Å². The number of amides is 3. The summed E-state index contributed by atoms with van der Waals surface area (Å²) in [6.07, 6.45) is 3.70. The van der Waals surface area contributed by atoms with E-state index in [0.717, 1.165) is 30.6 Å². The van der Waals surface area contributed by atoms with Crippen LogP contribution in [-0.2, 0) is 4.79 Å². The zero-order valence-corrected chi connectivity index (χ0v) is 14.1. The second-order valence-corrected chi connectivity index (χ2v) is 6.56. The van der Waals surface area contributed by atoms with Gasteiger partial charge in [-0.3, -0.25) is 9.69 Å². The summed E-state index contributed by atoms with van der Waals surface area (Å²) in [5.74, 6) is 0.0405. The Balaban J connectivity index is 1.97. The summed E-state index contributed by atoms with van der Waals surface area (Å²) in [7, 11) is 0. The van der Waals surface area contributed by atoms with Gasteiger partial charge in [-0.2, -0.15) is 11.3 Å². The van der Waals surface area contributed by atoms with Crippen LogP contribution >= 0.6 is 11.3 Å². The van der Waals surface area contributed by atoms with Gasteiger partial charge in [0.25, 0.3) is 5.91 Å². The second kappa shape index (κ2) is 6.58. The van der Waals surface area contributed by atoms with Crippen LogP contribution in [0, 0.1) is 0 Å². The van der Waals surface area contributed by atoms with Gasteiger partial charge in [0.15, 0.2) is 0 Å². The van der Waals surface area contributed by atoms with Crippen molar-refractivity contribution in [2.24, 2.45) is 0 Å². The summed E-state index contributed by atoms with van der Waals surface area (Å²) in [4.78, 5) is 28.8. The molecule has 23 heavy (non-hydrogen) atoms. The Bertz CT molecular complexity index is 651. The number of nitrogens with one attached hydrogen (secondary N) is 1. The lowest BCUT2D eigenvalue weighted by molar-refractivity contribution is -0.125. The molecule has 0 radical (unpaired) electrons. The standard InChI is InChI=1S/C17H21N3O2S/c1-3-5-8-19-10-13-14(16(19)21)15(12-6-9-23-11-12)18-17(22)20(13)7-4-2/h4,6,9,11,15H,2-3,5,7-8,10H2,1H3,(H,18,22)/t15-/m0/s1. The molecule has 0 aromatic carbocycles. The average Bonchev–Trinajstić information content (AvgIpc) is 3.17. The van der Waals surface area contributed by atoms with Crippen LogP contribution in [0.2, 0.25) is 0 Å². The Morgan fingerprint density at radius 3 is 2.96 bits per heavy atom. The minimum atomic E-state index is -0.344. The summed E-state index contributed by atoms with van der Waals surface area (Å²) < 4.78 is 0. The van der Waals surface area contributed by atoms with Gasteiger partial charge in [-0.1, -0.05) is 19.4 Å². The van der Waals surface area contributed by atoms with E-state index < -0.39 is 0 Å². The Morgan fingerprint density at radius 2 is 2.30 bits per heavy atom. The van der Waals surface area contributed by atoms with Crippen LogP contribution in [0.4, 0.5) is 4.79 Å². The molecule has 1 atom stereocenters. The third-order valence-corrected chi connectivity index (χ3v) is 4.97. The number of hydrogen-bond acceptors (Lipinski definition) is 3. The molecule has 3 rings (SSSR count). The van der Waals surface area contributed by atoms with Crippen molar-refractivity contribution in [3.8, 4) is 0 Å². The van der Waals surface area contributed by atoms with Crippen molar-refractivity contribution < 1.29 is 9.59 Å². The SMILES string of the molecule is C=CCN1C(=O)N[C@@H](c2ccsc2)C2=C1CN(CCCC)C2=O. The van der Waals surface area contributed by atoms with Gasteiger partial charge in [0, 0.05) is 13.1 Å². The first-order valence-electron chi connectivity index (χ1n) is 7.90. The zero-order chi connectivity index (χ0) is 16.4. The van der Waals surface area contributed by atoms with Crippen molar-refractivity contribution in [3.05, 3.63) is 46.3 Å². The fourth-order valence-corrected chi connectivity index (χ4v) is 3.78. The van der Waals surface area contributed by atoms with Gasteiger partial charge < -0.3 is 10.2 Å². The maximum absolute atomic E-state index is 12.9. The molecule has 1 aromatic rings. The van der Waals surface area contributed by atoms with Crippen LogP contribution in [0.25, 0.3) is 0 Å². The van der Waals surface area contributed by atoms with Gasteiger partial charge in [0.05, 0.1) is 23.9 Å². The molecule has 0 unspecified atom stereocenters. The van der Waals surface area contributed by atoms with E-state index in [-0.39, 0.29) is 18.0 Å². The molecular formula is C17H21N3O2S. The number of thiophene rings is 1. The number of nitrogens with zero attached hydrogens (tertiary/aromatic N) is 2. The molecule has 1 aromatic heterocycles. The van der Waals surface area contributed by atoms with Crippen LogP contribution in [-0.4, -0.2) is 41.4 Å². The highest BCUT2D eigenvalue weighted by molar-refractivity contribution is 7.08. The number of rotatable bonds is 6. The fourth-order valence-electron chi connectivity index (χ4n) is 3.09. The first kappa shape index (κ1) is 15.8. The van der Waals surface area contributed by atoms with Crippen molar-refractivity contribution in [1.29, 1.82) is 0 Å². The van der Waals surface area contributed by atoms with Crippen LogP contribution in [0.1, 0.15) is 31.4 Å². The van der Waals surface area contributed by atoms with E-state index in [0.29, 0.717) is 18.7 Å². The number of carbonyl (C=O) groups is 2. The maximum Gasteiger partial charge on any atom is 0.322 e. The highest BCUT2D eigenvalue weighted by Gasteiger charge is 2.43. The quantitative estimate of drug-likeness (QED) is 0.815. The van der Waals surface area contributed by atoms with Crippen molar-refractivity contribution >= 4 is 23.3 Å². The van der Waals surface area contributed by atoms with Crippen molar-refractivity contribution in [1.82, 2.24) is 15.1 Å². The summed E-state index contributed by atoms with van der Waals surface area (Å²) in [5, 5.41) is 6.92. The third kappa shape index (κ3) is 2.79. The lowest BCUT2D eigenvalue weighted by atomic mass is 9.98. The molecule has 0 fully saturated rings. The van der Waals surface area contributed by atoms with Crippen LogP contribution in [0.15, 0.2) is 40.8 Å². The van der Waals surface area contributed by atoms with E-state index >= 15 is 0 Å². The van der Waals surface area contributed by atoms with Gasteiger partial charge in [-0.25, -0.2) is 4.79 Å². The van der Waals surface area contributed by atoms with E-state index in [1.54, 1.807) is 22.3 Å². The molecule has 0 aliphatic carbocycles. The summed E-state index contributed by atoms with van der Waals surface area (Å²) in [6, 6.07) is 1.46. The zero-order valence-electron chi connectivity index (χ0n) is 13.2. The Hall–Kier alpha value is -2.08. The molecule has 0 saturated heterocycles. The Kier molecular flexibility index (Phi) is 4.52. The molecule has 0 bridgehead atoms. The van der Waals surface area contributed by atoms with Crippen molar-refractivity contribution in [2.75, 3.05) is 19.6 Å². The number of carbonyl (C=O) groups excluding carboxylic acids is 2. The van der Waals surface area contributed by atoms with E-state index in [9.17, 15) is 9.59 Å². The molecule has 2 aliphatic heterocycles. The fraction of sp³-hybridized carbons (Fsp3) is 0.412. The molecule has 3 amide bonds. The number of urea groups is 1. The monoisotopic (exact) mass is 331 g/mol. The minimum Gasteiger partial charge on any atom is -0.333 e. The normalized spacial score (nSPS) is 20.8.